The predicted molar refractivity (Wildman–Crippen MR) is 89.2 cm³/mol. The zero-order chi connectivity index (χ0) is 15.4. The van der Waals surface area contributed by atoms with Gasteiger partial charge >= 0.3 is 0 Å². The first kappa shape index (κ1) is 14.6. The Morgan fingerprint density at radius 1 is 1.09 bits per heavy atom. The van der Waals surface area contributed by atoms with E-state index in [-0.39, 0.29) is 6.04 Å². The summed E-state index contributed by atoms with van der Waals surface area (Å²) in [6, 6.07) is 0.265. The molecule has 0 aromatic carbocycles. The molecule has 3 fully saturated rings. The van der Waals surface area contributed by atoms with E-state index in [2.05, 4.69) is 36.0 Å². The van der Waals surface area contributed by atoms with Gasteiger partial charge in [0.2, 0.25) is 0 Å². The molecule has 4 rings (SSSR count). The minimum Gasteiger partial charge on any atom is -0.0906 e. The topological polar surface area (TPSA) is 48.8 Å². The highest BCUT2D eigenvalue weighted by Crippen LogP contribution is 2.65. The Bertz CT molecular complexity index is 535. The standard InChI is InChI=1S/C19H29N3/c1-18-9-3-4-16(18)15-6-5-13-12-14(21-22-20)7-11-19(13,2)17(15)8-10-18/h3,9,13-17H,4-8,10-12H2,1-2H3/t13-,14+,15-,16+,17+,18-,19-/m0/s1. The lowest BCUT2D eigenvalue weighted by Crippen LogP contribution is -2.53. The average Bonchev–Trinajstić information content (AvgIpc) is 2.89. The van der Waals surface area contributed by atoms with Crippen LogP contribution in [0.4, 0.5) is 0 Å². The summed E-state index contributed by atoms with van der Waals surface area (Å²) in [7, 11) is 0. The summed E-state index contributed by atoms with van der Waals surface area (Å²) in [6.07, 6.45) is 15.4. The molecular weight excluding hydrogens is 270 g/mol. The van der Waals surface area contributed by atoms with Gasteiger partial charge in [-0.3, -0.25) is 0 Å². The maximum Gasteiger partial charge on any atom is 0.0377 e. The van der Waals surface area contributed by atoms with Crippen LogP contribution in [-0.2, 0) is 0 Å². The molecule has 0 amide bonds. The molecule has 0 aromatic heterocycles. The largest absolute Gasteiger partial charge is 0.0906 e. The van der Waals surface area contributed by atoms with Crippen molar-refractivity contribution in [2.75, 3.05) is 0 Å². The summed E-state index contributed by atoms with van der Waals surface area (Å²) in [4.78, 5) is 3.07. The molecule has 0 aromatic rings. The summed E-state index contributed by atoms with van der Waals surface area (Å²) < 4.78 is 0. The molecule has 4 aliphatic carbocycles. The number of rotatable bonds is 1. The van der Waals surface area contributed by atoms with Crippen molar-refractivity contribution in [1.82, 2.24) is 0 Å². The Kier molecular flexibility index (Phi) is 3.34. The maximum absolute atomic E-state index is 8.75. The van der Waals surface area contributed by atoms with Gasteiger partial charge < -0.3 is 0 Å². The summed E-state index contributed by atoms with van der Waals surface area (Å²) in [5.74, 6) is 3.54. The molecule has 0 spiro atoms. The molecule has 3 saturated carbocycles. The fourth-order valence-electron chi connectivity index (χ4n) is 6.90. The van der Waals surface area contributed by atoms with Gasteiger partial charge in [0.05, 0.1) is 0 Å². The lowest BCUT2D eigenvalue weighted by atomic mass is 9.45. The quantitative estimate of drug-likeness (QED) is 0.251. The normalized spacial score (nSPS) is 53.1. The molecule has 0 heterocycles. The van der Waals surface area contributed by atoms with Crippen LogP contribution in [0, 0.1) is 34.5 Å². The third-order valence-electron chi connectivity index (χ3n) is 8.18. The first-order chi connectivity index (χ1) is 10.6. The zero-order valence-corrected chi connectivity index (χ0v) is 14.0. The van der Waals surface area contributed by atoms with Gasteiger partial charge in [-0.2, -0.15) is 0 Å². The molecule has 0 radical (unpaired) electrons. The molecule has 0 bridgehead atoms. The van der Waals surface area contributed by atoms with Crippen LogP contribution < -0.4 is 0 Å². The van der Waals surface area contributed by atoms with E-state index in [9.17, 15) is 0 Å². The summed E-state index contributed by atoms with van der Waals surface area (Å²) >= 11 is 0. The Labute approximate surface area is 134 Å². The van der Waals surface area contributed by atoms with Gasteiger partial charge in [-0.1, -0.05) is 31.1 Å². The highest BCUT2D eigenvalue weighted by molar-refractivity contribution is 5.16. The van der Waals surface area contributed by atoms with E-state index in [0.29, 0.717) is 10.8 Å². The first-order valence-corrected chi connectivity index (χ1v) is 9.29. The Morgan fingerprint density at radius 2 is 1.95 bits per heavy atom. The first-order valence-electron chi connectivity index (χ1n) is 9.29. The fourth-order valence-corrected chi connectivity index (χ4v) is 6.90. The van der Waals surface area contributed by atoms with E-state index in [0.717, 1.165) is 36.5 Å². The monoisotopic (exact) mass is 299 g/mol. The third kappa shape index (κ3) is 1.98. The number of allylic oxidation sites excluding steroid dienone is 2. The lowest BCUT2D eigenvalue weighted by Gasteiger charge is -2.60. The zero-order valence-electron chi connectivity index (χ0n) is 14.0. The van der Waals surface area contributed by atoms with Crippen molar-refractivity contribution in [3.63, 3.8) is 0 Å². The molecule has 4 aliphatic rings. The number of azide groups is 1. The van der Waals surface area contributed by atoms with Crippen molar-refractivity contribution in [3.8, 4) is 0 Å². The van der Waals surface area contributed by atoms with E-state index in [1.54, 1.807) is 0 Å². The van der Waals surface area contributed by atoms with E-state index < -0.39 is 0 Å². The van der Waals surface area contributed by atoms with Crippen LogP contribution >= 0.6 is 0 Å². The van der Waals surface area contributed by atoms with Crippen molar-refractivity contribution >= 4 is 0 Å². The van der Waals surface area contributed by atoms with Crippen LogP contribution in [0.1, 0.15) is 65.2 Å². The van der Waals surface area contributed by atoms with E-state index >= 15 is 0 Å². The third-order valence-corrected chi connectivity index (χ3v) is 8.18. The molecule has 0 N–H and O–H groups in total. The average molecular weight is 299 g/mol. The van der Waals surface area contributed by atoms with E-state index in [1.165, 1.54) is 38.5 Å². The molecule has 22 heavy (non-hydrogen) atoms. The second-order valence-corrected chi connectivity index (χ2v) is 8.97. The van der Waals surface area contributed by atoms with Crippen molar-refractivity contribution in [2.24, 2.45) is 39.6 Å². The minimum atomic E-state index is 0.265. The SMILES string of the molecule is C[C@]12CC[C@@H](N=[N+]=[N-])C[C@@H]1CC[C@@H]1[C@H]2CC[C@]2(C)C=CC[C@H]12. The fraction of sp³-hybridized carbons (Fsp3) is 0.895. The summed E-state index contributed by atoms with van der Waals surface area (Å²) in [5.41, 5.74) is 9.75. The molecule has 120 valence electrons. The second-order valence-electron chi connectivity index (χ2n) is 8.97. The van der Waals surface area contributed by atoms with E-state index in [1.807, 2.05) is 0 Å². The molecule has 0 saturated heterocycles. The molecule has 3 heteroatoms. The van der Waals surface area contributed by atoms with Crippen LogP contribution in [0.25, 0.3) is 10.4 Å². The number of nitrogens with zero attached hydrogens (tertiary/aromatic N) is 3. The van der Waals surface area contributed by atoms with Crippen molar-refractivity contribution in [2.45, 2.75) is 71.3 Å². The maximum atomic E-state index is 8.75. The van der Waals surface area contributed by atoms with Gasteiger partial charge in [0.1, 0.15) is 0 Å². The van der Waals surface area contributed by atoms with Gasteiger partial charge in [0.25, 0.3) is 0 Å². The van der Waals surface area contributed by atoms with E-state index in [4.69, 9.17) is 5.53 Å². The Hall–Kier alpha value is -0.950. The Balaban J connectivity index is 1.58. The van der Waals surface area contributed by atoms with Crippen LogP contribution in [0.15, 0.2) is 17.3 Å². The van der Waals surface area contributed by atoms with Crippen LogP contribution in [-0.4, -0.2) is 6.04 Å². The number of fused-ring (bicyclic) bond motifs is 5. The molecular formula is C19H29N3. The number of hydrogen-bond acceptors (Lipinski definition) is 1. The highest BCUT2D eigenvalue weighted by Gasteiger charge is 2.56. The highest BCUT2D eigenvalue weighted by atomic mass is 15.1. The Morgan fingerprint density at radius 3 is 2.77 bits per heavy atom. The molecule has 3 nitrogen and oxygen atoms in total. The van der Waals surface area contributed by atoms with Crippen LogP contribution in [0.5, 0.6) is 0 Å². The summed E-state index contributed by atoms with van der Waals surface area (Å²) in [6.45, 7) is 5.08. The van der Waals surface area contributed by atoms with Gasteiger partial charge in [-0.15, -0.1) is 0 Å². The predicted octanol–water partition coefficient (Wildman–Crippen LogP) is 5.87. The van der Waals surface area contributed by atoms with Gasteiger partial charge in [0.15, 0.2) is 0 Å². The second kappa shape index (κ2) is 5.03. The summed E-state index contributed by atoms with van der Waals surface area (Å²) in [5, 5.41) is 4.04. The number of hydrogen-bond donors (Lipinski definition) is 0. The van der Waals surface area contributed by atoms with Crippen molar-refractivity contribution < 1.29 is 0 Å². The van der Waals surface area contributed by atoms with Gasteiger partial charge in [0, 0.05) is 11.0 Å². The molecule has 0 aliphatic heterocycles. The van der Waals surface area contributed by atoms with Gasteiger partial charge in [-0.05, 0) is 91.4 Å². The van der Waals surface area contributed by atoms with Crippen molar-refractivity contribution in [1.29, 1.82) is 0 Å². The molecule has 7 atom stereocenters. The smallest absolute Gasteiger partial charge is 0.0377 e. The van der Waals surface area contributed by atoms with Crippen molar-refractivity contribution in [3.05, 3.63) is 22.6 Å². The molecule has 0 unspecified atom stereocenters. The van der Waals surface area contributed by atoms with Gasteiger partial charge in [-0.25, -0.2) is 0 Å². The van der Waals surface area contributed by atoms with Crippen LogP contribution in [0.3, 0.4) is 0 Å². The minimum absolute atomic E-state index is 0.265. The lowest BCUT2D eigenvalue weighted by molar-refractivity contribution is -0.0995. The van der Waals surface area contributed by atoms with Crippen LogP contribution in [0.2, 0.25) is 0 Å².